The summed E-state index contributed by atoms with van der Waals surface area (Å²) in [6, 6.07) is 10.7. The van der Waals surface area contributed by atoms with E-state index in [1.54, 1.807) is 18.2 Å². The number of carbonyl (C=O) groups is 1. The number of furan rings is 1. The van der Waals surface area contributed by atoms with Crippen LogP contribution >= 0.6 is 0 Å². The lowest BCUT2D eigenvalue weighted by atomic mass is 10.1. The number of aromatic amines is 1. The second-order valence-corrected chi connectivity index (χ2v) is 5.64. The van der Waals surface area contributed by atoms with Crippen LogP contribution in [0.5, 0.6) is 0 Å². The molecule has 0 radical (unpaired) electrons. The third-order valence-electron chi connectivity index (χ3n) is 3.83. The summed E-state index contributed by atoms with van der Waals surface area (Å²) >= 11 is 0. The van der Waals surface area contributed by atoms with E-state index in [1.807, 2.05) is 25.1 Å². The summed E-state index contributed by atoms with van der Waals surface area (Å²) in [7, 11) is 0. The van der Waals surface area contributed by atoms with E-state index in [-0.39, 0.29) is 36.9 Å². The lowest BCUT2D eigenvalue weighted by Gasteiger charge is -2.20. The molecular weight excluding hydrogens is 308 g/mol. The summed E-state index contributed by atoms with van der Waals surface area (Å²) in [6.07, 6.45) is 1.41. The van der Waals surface area contributed by atoms with Crippen molar-refractivity contribution in [2.24, 2.45) is 0 Å². The van der Waals surface area contributed by atoms with Crippen molar-refractivity contribution in [1.82, 2.24) is 9.88 Å². The van der Waals surface area contributed by atoms with E-state index in [0.717, 1.165) is 16.5 Å². The fourth-order valence-corrected chi connectivity index (χ4v) is 2.62. The van der Waals surface area contributed by atoms with Crippen LogP contribution in [0.2, 0.25) is 0 Å². The van der Waals surface area contributed by atoms with Gasteiger partial charge in [-0.1, -0.05) is 11.6 Å². The van der Waals surface area contributed by atoms with Crippen LogP contribution in [0, 0.1) is 6.92 Å². The zero-order chi connectivity index (χ0) is 17.1. The second-order valence-electron chi connectivity index (χ2n) is 5.64. The Bertz CT molecular complexity index is 912. The Morgan fingerprint density at radius 1 is 1.29 bits per heavy atom. The zero-order valence-electron chi connectivity index (χ0n) is 13.3. The Morgan fingerprint density at radius 3 is 2.83 bits per heavy atom. The molecule has 0 fully saturated rings. The highest BCUT2D eigenvalue weighted by Gasteiger charge is 2.19. The highest BCUT2D eigenvalue weighted by molar-refractivity contribution is 5.91. The van der Waals surface area contributed by atoms with Gasteiger partial charge in [-0.3, -0.25) is 9.59 Å². The molecule has 6 nitrogen and oxygen atoms in total. The van der Waals surface area contributed by atoms with Crippen molar-refractivity contribution in [2.45, 2.75) is 13.5 Å². The molecule has 2 heterocycles. The molecule has 0 atom stereocenters. The third-order valence-corrected chi connectivity index (χ3v) is 3.83. The molecule has 2 N–H and O–H groups in total. The fraction of sp³-hybridized carbons (Fsp3) is 0.222. The first-order chi connectivity index (χ1) is 11.6. The standard InChI is InChI=1S/C18H18N2O4/c1-12-4-5-15-13(9-12)10-14(17(22)19-15)11-20(6-7-21)18(23)16-3-2-8-24-16/h2-5,8-10,21H,6-7,11H2,1H3,(H,19,22). The van der Waals surface area contributed by atoms with Crippen molar-refractivity contribution in [3.05, 3.63) is 69.9 Å². The number of amides is 1. The van der Waals surface area contributed by atoms with Crippen LogP contribution in [-0.2, 0) is 6.54 Å². The van der Waals surface area contributed by atoms with Gasteiger partial charge in [0.05, 0.1) is 19.4 Å². The predicted octanol–water partition coefficient (Wildman–Crippen LogP) is 2.06. The van der Waals surface area contributed by atoms with Gasteiger partial charge in [0.25, 0.3) is 11.5 Å². The number of nitrogens with one attached hydrogen (secondary N) is 1. The number of carbonyl (C=O) groups excluding carboxylic acids is 1. The lowest BCUT2D eigenvalue weighted by molar-refractivity contribution is 0.0675. The Morgan fingerprint density at radius 2 is 2.12 bits per heavy atom. The number of fused-ring (bicyclic) bond motifs is 1. The Hall–Kier alpha value is -2.86. The number of H-pyrrole nitrogens is 1. The largest absolute Gasteiger partial charge is 0.459 e. The topological polar surface area (TPSA) is 86.5 Å². The van der Waals surface area contributed by atoms with Crippen LogP contribution in [0.3, 0.4) is 0 Å². The molecule has 0 saturated carbocycles. The van der Waals surface area contributed by atoms with Gasteiger partial charge < -0.3 is 19.4 Å². The van der Waals surface area contributed by atoms with Gasteiger partial charge in [0.1, 0.15) is 0 Å². The number of aryl methyl sites for hydroxylation is 1. The molecule has 0 bridgehead atoms. The summed E-state index contributed by atoms with van der Waals surface area (Å²) in [5.74, 6) is -0.186. The number of hydrogen-bond acceptors (Lipinski definition) is 4. The van der Waals surface area contributed by atoms with Crippen molar-refractivity contribution in [1.29, 1.82) is 0 Å². The Kier molecular flexibility index (Phi) is 4.48. The number of aliphatic hydroxyl groups excluding tert-OH is 1. The predicted molar refractivity (Wildman–Crippen MR) is 89.8 cm³/mol. The van der Waals surface area contributed by atoms with Crippen LogP contribution < -0.4 is 5.56 Å². The third kappa shape index (κ3) is 3.23. The van der Waals surface area contributed by atoms with E-state index in [4.69, 9.17) is 4.42 Å². The molecule has 0 unspecified atom stereocenters. The summed E-state index contributed by atoms with van der Waals surface area (Å²) in [4.78, 5) is 28.9. The highest BCUT2D eigenvalue weighted by atomic mass is 16.3. The van der Waals surface area contributed by atoms with E-state index in [0.29, 0.717) is 5.56 Å². The first-order valence-corrected chi connectivity index (χ1v) is 7.64. The van der Waals surface area contributed by atoms with Crippen molar-refractivity contribution < 1.29 is 14.3 Å². The monoisotopic (exact) mass is 326 g/mol. The van der Waals surface area contributed by atoms with Crippen LogP contribution in [0.4, 0.5) is 0 Å². The van der Waals surface area contributed by atoms with E-state index in [9.17, 15) is 14.7 Å². The highest BCUT2D eigenvalue weighted by Crippen LogP contribution is 2.15. The quantitative estimate of drug-likeness (QED) is 0.751. The van der Waals surface area contributed by atoms with Gasteiger partial charge in [0, 0.05) is 17.6 Å². The first kappa shape index (κ1) is 16.0. The summed E-state index contributed by atoms with van der Waals surface area (Å²) in [5, 5.41) is 10.1. The van der Waals surface area contributed by atoms with E-state index in [2.05, 4.69) is 4.98 Å². The molecule has 3 aromatic rings. The number of pyridine rings is 1. The Balaban J connectivity index is 1.94. The maximum atomic E-state index is 12.4. The van der Waals surface area contributed by atoms with Crippen LogP contribution in [0.25, 0.3) is 10.9 Å². The van der Waals surface area contributed by atoms with Crippen LogP contribution in [-0.4, -0.2) is 34.0 Å². The van der Waals surface area contributed by atoms with Gasteiger partial charge in [-0.25, -0.2) is 0 Å². The van der Waals surface area contributed by atoms with E-state index in [1.165, 1.54) is 11.2 Å². The molecule has 0 aliphatic rings. The molecule has 124 valence electrons. The zero-order valence-corrected chi connectivity index (χ0v) is 13.3. The molecule has 0 saturated heterocycles. The molecule has 3 rings (SSSR count). The summed E-state index contributed by atoms with van der Waals surface area (Å²) in [6.45, 7) is 1.99. The summed E-state index contributed by atoms with van der Waals surface area (Å²) in [5.41, 5.74) is 2.04. The molecule has 0 spiro atoms. The van der Waals surface area contributed by atoms with Gasteiger partial charge >= 0.3 is 0 Å². The van der Waals surface area contributed by atoms with Gasteiger partial charge in [0.2, 0.25) is 0 Å². The van der Waals surface area contributed by atoms with Gasteiger partial charge in [0.15, 0.2) is 5.76 Å². The maximum Gasteiger partial charge on any atom is 0.289 e. The normalized spacial score (nSPS) is 10.9. The average Bonchev–Trinajstić information content (AvgIpc) is 3.09. The minimum Gasteiger partial charge on any atom is -0.459 e. The first-order valence-electron chi connectivity index (χ1n) is 7.64. The smallest absolute Gasteiger partial charge is 0.289 e. The minimum atomic E-state index is -0.363. The molecule has 0 aliphatic heterocycles. The SMILES string of the molecule is Cc1ccc2[nH]c(=O)c(CN(CCO)C(=O)c3ccco3)cc2c1. The minimum absolute atomic E-state index is 0.0965. The van der Waals surface area contributed by atoms with Crippen molar-refractivity contribution in [3.63, 3.8) is 0 Å². The number of nitrogens with zero attached hydrogens (tertiary/aromatic N) is 1. The van der Waals surface area contributed by atoms with Crippen LogP contribution in [0.1, 0.15) is 21.7 Å². The summed E-state index contributed by atoms with van der Waals surface area (Å²) < 4.78 is 5.12. The number of rotatable bonds is 5. The van der Waals surface area contributed by atoms with Crippen molar-refractivity contribution in [2.75, 3.05) is 13.2 Å². The maximum absolute atomic E-state index is 12.4. The molecule has 0 aliphatic carbocycles. The molecule has 1 aromatic carbocycles. The fourth-order valence-electron chi connectivity index (χ4n) is 2.62. The molecule has 24 heavy (non-hydrogen) atoms. The molecular formula is C18H18N2O4. The average molecular weight is 326 g/mol. The number of aromatic nitrogens is 1. The van der Waals surface area contributed by atoms with E-state index >= 15 is 0 Å². The van der Waals surface area contributed by atoms with Gasteiger partial charge in [-0.15, -0.1) is 0 Å². The number of hydrogen-bond donors (Lipinski definition) is 2. The Labute approximate surface area is 138 Å². The lowest BCUT2D eigenvalue weighted by Crippen LogP contribution is -2.34. The van der Waals surface area contributed by atoms with E-state index < -0.39 is 0 Å². The van der Waals surface area contributed by atoms with Crippen molar-refractivity contribution in [3.8, 4) is 0 Å². The molecule has 6 heteroatoms. The molecule has 2 aromatic heterocycles. The van der Waals surface area contributed by atoms with Gasteiger partial charge in [-0.2, -0.15) is 0 Å². The van der Waals surface area contributed by atoms with Gasteiger partial charge in [-0.05, 0) is 42.6 Å². The molecule has 1 amide bonds. The van der Waals surface area contributed by atoms with Crippen molar-refractivity contribution >= 4 is 16.8 Å². The van der Waals surface area contributed by atoms with Crippen LogP contribution in [0.15, 0.2) is 51.9 Å². The number of aliphatic hydroxyl groups is 1. The number of benzene rings is 1. The second kappa shape index (κ2) is 6.72.